The van der Waals surface area contributed by atoms with Gasteiger partial charge in [-0.2, -0.15) is 0 Å². The fraction of sp³-hybridized carbons (Fsp3) is 0.846. The number of carbonyl (C=O) groups is 2. The van der Waals surface area contributed by atoms with Gasteiger partial charge in [-0.3, -0.25) is 9.59 Å². The molecule has 1 rings (SSSR count). The van der Waals surface area contributed by atoms with E-state index in [2.05, 4.69) is 0 Å². The smallest absolute Gasteiger partial charge is 0.306 e. The molecule has 92 valence electrons. The highest BCUT2D eigenvalue weighted by Crippen LogP contribution is 2.13. The summed E-state index contributed by atoms with van der Waals surface area (Å²) >= 11 is 0. The molecule has 0 aromatic heterocycles. The fourth-order valence-corrected chi connectivity index (χ4v) is 2.00. The summed E-state index contributed by atoms with van der Waals surface area (Å²) in [6, 6.07) is 0. The van der Waals surface area contributed by atoms with Crippen molar-refractivity contribution in [2.24, 2.45) is 0 Å². The van der Waals surface area contributed by atoms with Crippen LogP contribution in [0.5, 0.6) is 0 Å². The number of ether oxygens (including phenoxy) is 1. The SMILES string of the molecule is CC1CCCC(=O)CCCCCCC(=O)O1. The quantitative estimate of drug-likeness (QED) is 0.596. The van der Waals surface area contributed by atoms with Crippen LogP contribution in [0.3, 0.4) is 0 Å². The van der Waals surface area contributed by atoms with Crippen LogP contribution in [0.4, 0.5) is 0 Å². The second-order valence-corrected chi connectivity index (χ2v) is 4.65. The van der Waals surface area contributed by atoms with E-state index in [-0.39, 0.29) is 12.1 Å². The summed E-state index contributed by atoms with van der Waals surface area (Å²) in [4.78, 5) is 22.8. The summed E-state index contributed by atoms with van der Waals surface area (Å²) < 4.78 is 5.25. The zero-order chi connectivity index (χ0) is 11.8. The number of rotatable bonds is 0. The van der Waals surface area contributed by atoms with Gasteiger partial charge in [0.25, 0.3) is 0 Å². The average molecular weight is 226 g/mol. The van der Waals surface area contributed by atoms with Crippen LogP contribution < -0.4 is 0 Å². The largest absolute Gasteiger partial charge is 0.463 e. The molecule has 0 N–H and O–H groups in total. The molecule has 1 aliphatic heterocycles. The van der Waals surface area contributed by atoms with Crippen LogP contribution >= 0.6 is 0 Å². The first-order valence-electron chi connectivity index (χ1n) is 6.39. The summed E-state index contributed by atoms with van der Waals surface area (Å²) in [5.41, 5.74) is 0. The summed E-state index contributed by atoms with van der Waals surface area (Å²) in [5.74, 6) is 0.274. The maximum Gasteiger partial charge on any atom is 0.306 e. The highest BCUT2D eigenvalue weighted by atomic mass is 16.5. The fourth-order valence-electron chi connectivity index (χ4n) is 2.00. The van der Waals surface area contributed by atoms with E-state index in [1.807, 2.05) is 6.92 Å². The van der Waals surface area contributed by atoms with Gasteiger partial charge in [0.15, 0.2) is 0 Å². The molecule has 0 saturated carbocycles. The van der Waals surface area contributed by atoms with Crippen LogP contribution in [0.25, 0.3) is 0 Å². The molecule has 1 atom stereocenters. The summed E-state index contributed by atoms with van der Waals surface area (Å²) in [6.07, 6.45) is 7.42. The highest BCUT2D eigenvalue weighted by molar-refractivity contribution is 5.78. The molecular weight excluding hydrogens is 204 g/mol. The standard InChI is InChI=1S/C13H22O3/c1-11-7-6-9-12(14)8-4-2-3-5-10-13(15)16-11/h11H,2-10H2,1H3. The predicted octanol–water partition coefficient (Wildman–Crippen LogP) is 3.01. The molecular formula is C13H22O3. The van der Waals surface area contributed by atoms with Crippen molar-refractivity contribution in [3.63, 3.8) is 0 Å². The Kier molecular flexibility index (Phi) is 6.12. The lowest BCUT2D eigenvalue weighted by molar-refractivity contribution is -0.148. The van der Waals surface area contributed by atoms with E-state index in [1.165, 1.54) is 0 Å². The minimum absolute atomic E-state index is 0.0407. The predicted molar refractivity (Wildman–Crippen MR) is 62.1 cm³/mol. The number of carbonyl (C=O) groups excluding carboxylic acids is 2. The van der Waals surface area contributed by atoms with Crippen molar-refractivity contribution >= 4 is 11.8 Å². The van der Waals surface area contributed by atoms with Crippen molar-refractivity contribution in [2.75, 3.05) is 0 Å². The van der Waals surface area contributed by atoms with Gasteiger partial charge >= 0.3 is 5.97 Å². The van der Waals surface area contributed by atoms with Crippen molar-refractivity contribution < 1.29 is 14.3 Å². The lowest BCUT2D eigenvalue weighted by atomic mass is 10.0. The number of cyclic esters (lactones) is 1. The van der Waals surface area contributed by atoms with Gasteiger partial charge in [-0.15, -0.1) is 0 Å². The maximum atomic E-state index is 11.4. The first kappa shape index (κ1) is 13.2. The third-order valence-corrected chi connectivity index (χ3v) is 2.99. The number of hydrogen-bond donors (Lipinski definition) is 0. The van der Waals surface area contributed by atoms with Crippen LogP contribution in [0.15, 0.2) is 0 Å². The molecule has 0 aliphatic carbocycles. The molecule has 1 aliphatic rings. The third-order valence-electron chi connectivity index (χ3n) is 2.99. The van der Waals surface area contributed by atoms with E-state index in [1.54, 1.807) is 0 Å². The van der Waals surface area contributed by atoms with Crippen molar-refractivity contribution in [3.8, 4) is 0 Å². The minimum atomic E-state index is -0.0851. The average Bonchev–Trinajstić information content (AvgIpc) is 2.23. The van der Waals surface area contributed by atoms with Gasteiger partial charge in [-0.25, -0.2) is 0 Å². The van der Waals surface area contributed by atoms with Crippen LogP contribution in [0.2, 0.25) is 0 Å². The second kappa shape index (κ2) is 7.42. The van der Waals surface area contributed by atoms with E-state index in [4.69, 9.17) is 4.74 Å². The van der Waals surface area contributed by atoms with Crippen LogP contribution in [-0.4, -0.2) is 17.9 Å². The molecule has 0 aromatic carbocycles. The molecule has 1 saturated heterocycles. The van der Waals surface area contributed by atoms with Crippen molar-refractivity contribution in [2.45, 2.75) is 70.8 Å². The molecule has 0 spiro atoms. The Labute approximate surface area is 97.5 Å². The Morgan fingerprint density at radius 3 is 2.31 bits per heavy atom. The van der Waals surface area contributed by atoms with Gasteiger partial charge in [-0.1, -0.05) is 12.8 Å². The van der Waals surface area contributed by atoms with Crippen molar-refractivity contribution in [3.05, 3.63) is 0 Å². The number of ketones is 1. The van der Waals surface area contributed by atoms with Gasteiger partial charge in [0.2, 0.25) is 0 Å². The Hall–Kier alpha value is -0.860. The van der Waals surface area contributed by atoms with E-state index < -0.39 is 0 Å². The van der Waals surface area contributed by atoms with Gasteiger partial charge in [-0.05, 0) is 32.6 Å². The van der Waals surface area contributed by atoms with E-state index >= 15 is 0 Å². The van der Waals surface area contributed by atoms with Gasteiger partial charge in [0.1, 0.15) is 5.78 Å². The summed E-state index contributed by atoms with van der Waals surface area (Å²) in [7, 11) is 0. The molecule has 0 bridgehead atoms. The third kappa shape index (κ3) is 5.89. The first-order chi connectivity index (χ1) is 7.68. The molecule has 3 nitrogen and oxygen atoms in total. The summed E-state index contributed by atoms with van der Waals surface area (Å²) in [6.45, 7) is 1.90. The van der Waals surface area contributed by atoms with Crippen molar-refractivity contribution in [1.82, 2.24) is 0 Å². The Bertz CT molecular complexity index is 235. The molecule has 3 heteroatoms. The van der Waals surface area contributed by atoms with Gasteiger partial charge < -0.3 is 4.74 Å². The summed E-state index contributed by atoms with van der Waals surface area (Å²) in [5, 5.41) is 0. The van der Waals surface area contributed by atoms with E-state index in [9.17, 15) is 9.59 Å². The zero-order valence-corrected chi connectivity index (χ0v) is 10.2. The lowest BCUT2D eigenvalue weighted by Gasteiger charge is -2.12. The number of esters is 1. The maximum absolute atomic E-state index is 11.4. The molecule has 16 heavy (non-hydrogen) atoms. The zero-order valence-electron chi connectivity index (χ0n) is 10.2. The first-order valence-corrected chi connectivity index (χ1v) is 6.39. The lowest BCUT2D eigenvalue weighted by Crippen LogP contribution is -2.14. The topological polar surface area (TPSA) is 43.4 Å². The molecule has 0 aromatic rings. The van der Waals surface area contributed by atoms with Gasteiger partial charge in [0, 0.05) is 19.3 Å². The van der Waals surface area contributed by atoms with E-state index in [0.717, 1.165) is 38.5 Å². The molecule has 1 unspecified atom stereocenters. The van der Waals surface area contributed by atoms with E-state index in [0.29, 0.717) is 25.0 Å². The molecule has 0 amide bonds. The van der Waals surface area contributed by atoms with Crippen LogP contribution in [0, 0.1) is 0 Å². The Balaban J connectivity index is 2.37. The Morgan fingerprint density at radius 2 is 1.56 bits per heavy atom. The Morgan fingerprint density at radius 1 is 0.938 bits per heavy atom. The normalized spacial score (nSPS) is 26.2. The number of Topliss-reactive ketones (excluding diaryl/α,β-unsaturated/α-hetero) is 1. The van der Waals surface area contributed by atoms with Gasteiger partial charge in [0.05, 0.1) is 6.10 Å². The highest BCUT2D eigenvalue weighted by Gasteiger charge is 2.11. The molecule has 1 fully saturated rings. The van der Waals surface area contributed by atoms with Crippen LogP contribution in [-0.2, 0) is 14.3 Å². The minimum Gasteiger partial charge on any atom is -0.463 e. The second-order valence-electron chi connectivity index (χ2n) is 4.65. The molecule has 1 heterocycles. The molecule has 0 radical (unpaired) electrons. The van der Waals surface area contributed by atoms with Crippen LogP contribution in [0.1, 0.15) is 64.7 Å². The number of hydrogen-bond acceptors (Lipinski definition) is 3. The van der Waals surface area contributed by atoms with Crippen molar-refractivity contribution in [1.29, 1.82) is 0 Å². The monoisotopic (exact) mass is 226 g/mol.